The summed E-state index contributed by atoms with van der Waals surface area (Å²) >= 11 is 0. The fourth-order valence-electron chi connectivity index (χ4n) is 5.55. The Hall–Kier alpha value is -1.85. The largest absolute Gasteiger partial charge is 0.497 e. The van der Waals surface area contributed by atoms with Crippen LogP contribution < -0.4 is 10.1 Å². The molecule has 0 bridgehead atoms. The molecule has 3 fully saturated rings. The Labute approximate surface area is 180 Å². The second kappa shape index (κ2) is 8.72. The SMILES string of the molecule is COc1ccc(C(O)(C(=O)N[C@H]2C3CN(CCC=C(C)C)C[C@@H]32)C2CCCC2)cc1. The first-order valence-electron chi connectivity index (χ1n) is 11.5. The third kappa shape index (κ3) is 4.15. The number of fused-ring (bicyclic) bond motifs is 1. The van der Waals surface area contributed by atoms with Crippen molar-refractivity contribution in [2.75, 3.05) is 26.7 Å². The average Bonchev–Trinajstić information content (AvgIpc) is 3.17. The predicted octanol–water partition coefficient (Wildman–Crippen LogP) is 3.48. The summed E-state index contributed by atoms with van der Waals surface area (Å²) < 4.78 is 5.25. The third-order valence-corrected chi connectivity index (χ3v) is 7.39. The molecule has 0 aromatic heterocycles. The molecule has 2 saturated carbocycles. The number of aliphatic hydroxyl groups is 1. The van der Waals surface area contributed by atoms with Gasteiger partial charge in [-0.05, 0) is 62.6 Å². The van der Waals surface area contributed by atoms with Crippen LogP contribution in [-0.2, 0) is 10.4 Å². The number of piperidine rings is 1. The van der Waals surface area contributed by atoms with Crippen LogP contribution in [0.3, 0.4) is 0 Å². The molecular weight excluding hydrogens is 376 g/mol. The van der Waals surface area contributed by atoms with Crippen molar-refractivity contribution in [1.82, 2.24) is 10.2 Å². The van der Waals surface area contributed by atoms with Crippen molar-refractivity contribution in [3.63, 3.8) is 0 Å². The Morgan fingerprint density at radius 2 is 1.83 bits per heavy atom. The molecule has 2 aliphatic carbocycles. The lowest BCUT2D eigenvalue weighted by Gasteiger charge is -2.34. The summed E-state index contributed by atoms with van der Waals surface area (Å²) in [4.78, 5) is 15.9. The molecule has 4 atom stereocenters. The molecule has 3 aliphatic rings. The van der Waals surface area contributed by atoms with Crippen molar-refractivity contribution in [3.8, 4) is 5.75 Å². The number of amides is 1. The van der Waals surface area contributed by atoms with Gasteiger partial charge in [0, 0.05) is 31.6 Å². The van der Waals surface area contributed by atoms with Gasteiger partial charge in [-0.1, -0.05) is 36.6 Å². The maximum atomic E-state index is 13.4. The summed E-state index contributed by atoms with van der Waals surface area (Å²) in [6.07, 6.45) is 7.33. The Kier molecular flexibility index (Phi) is 6.21. The van der Waals surface area contributed by atoms with Gasteiger partial charge in [0.05, 0.1) is 7.11 Å². The summed E-state index contributed by atoms with van der Waals surface area (Å²) in [5.74, 6) is 1.56. The topological polar surface area (TPSA) is 61.8 Å². The number of allylic oxidation sites excluding steroid dienone is 1. The van der Waals surface area contributed by atoms with Gasteiger partial charge in [-0.25, -0.2) is 0 Å². The molecule has 2 unspecified atom stereocenters. The van der Waals surface area contributed by atoms with E-state index in [0.717, 1.165) is 57.5 Å². The van der Waals surface area contributed by atoms with Gasteiger partial charge in [0.2, 0.25) is 0 Å². The molecule has 1 aromatic carbocycles. The van der Waals surface area contributed by atoms with E-state index >= 15 is 0 Å². The normalized spacial score (nSPS) is 27.9. The van der Waals surface area contributed by atoms with E-state index in [9.17, 15) is 9.90 Å². The summed E-state index contributed by atoms with van der Waals surface area (Å²) in [6.45, 7) is 7.48. The number of ether oxygens (including phenoxy) is 1. The fourth-order valence-corrected chi connectivity index (χ4v) is 5.55. The zero-order valence-corrected chi connectivity index (χ0v) is 18.6. The highest BCUT2D eigenvalue weighted by Crippen LogP contribution is 2.47. The van der Waals surface area contributed by atoms with Gasteiger partial charge in [0.25, 0.3) is 5.91 Å². The summed E-state index contributed by atoms with van der Waals surface area (Å²) in [5, 5.41) is 14.9. The van der Waals surface area contributed by atoms with E-state index < -0.39 is 5.60 Å². The first kappa shape index (κ1) is 21.4. The van der Waals surface area contributed by atoms with Gasteiger partial charge in [-0.2, -0.15) is 0 Å². The molecule has 164 valence electrons. The number of hydrogen-bond acceptors (Lipinski definition) is 4. The van der Waals surface area contributed by atoms with Crippen molar-refractivity contribution in [1.29, 1.82) is 0 Å². The predicted molar refractivity (Wildman–Crippen MR) is 118 cm³/mol. The lowest BCUT2D eigenvalue weighted by Crippen LogP contribution is -2.51. The maximum absolute atomic E-state index is 13.4. The number of nitrogens with zero attached hydrogens (tertiary/aromatic N) is 1. The first-order valence-corrected chi connectivity index (χ1v) is 11.5. The van der Waals surface area contributed by atoms with Crippen LogP contribution in [0.15, 0.2) is 35.9 Å². The molecule has 1 saturated heterocycles. The molecule has 4 rings (SSSR count). The highest BCUT2D eigenvalue weighted by molar-refractivity contribution is 5.87. The molecule has 30 heavy (non-hydrogen) atoms. The lowest BCUT2D eigenvalue weighted by molar-refractivity contribution is -0.147. The van der Waals surface area contributed by atoms with Crippen LogP contribution in [0.5, 0.6) is 5.75 Å². The monoisotopic (exact) mass is 412 g/mol. The number of likely N-dealkylation sites (tertiary alicyclic amines) is 1. The van der Waals surface area contributed by atoms with E-state index in [1.54, 1.807) is 7.11 Å². The van der Waals surface area contributed by atoms with Crippen LogP contribution in [0.4, 0.5) is 0 Å². The second-order valence-corrected chi connectivity index (χ2v) is 9.63. The van der Waals surface area contributed by atoms with Gasteiger partial charge in [0.15, 0.2) is 5.60 Å². The minimum absolute atomic E-state index is 0.0231. The molecule has 0 spiro atoms. The van der Waals surface area contributed by atoms with Crippen LogP contribution in [0.1, 0.15) is 51.5 Å². The van der Waals surface area contributed by atoms with Gasteiger partial charge in [0.1, 0.15) is 5.75 Å². The molecule has 5 heteroatoms. The minimum atomic E-state index is -1.46. The van der Waals surface area contributed by atoms with Crippen LogP contribution >= 0.6 is 0 Å². The van der Waals surface area contributed by atoms with Gasteiger partial charge >= 0.3 is 0 Å². The van der Waals surface area contributed by atoms with Gasteiger partial charge in [-0.3, -0.25) is 4.79 Å². The van der Waals surface area contributed by atoms with E-state index in [4.69, 9.17) is 4.74 Å². The van der Waals surface area contributed by atoms with E-state index in [-0.39, 0.29) is 17.9 Å². The van der Waals surface area contributed by atoms with Crippen LogP contribution in [0.25, 0.3) is 0 Å². The number of benzene rings is 1. The highest BCUT2D eigenvalue weighted by atomic mass is 16.5. The molecule has 5 nitrogen and oxygen atoms in total. The highest BCUT2D eigenvalue weighted by Gasteiger charge is 2.58. The number of nitrogens with one attached hydrogen (secondary N) is 1. The summed E-state index contributed by atoms with van der Waals surface area (Å²) in [6, 6.07) is 7.56. The zero-order chi connectivity index (χ0) is 21.3. The van der Waals surface area contributed by atoms with Crippen LogP contribution in [-0.4, -0.2) is 48.7 Å². The zero-order valence-electron chi connectivity index (χ0n) is 18.6. The number of carbonyl (C=O) groups is 1. The van der Waals surface area contributed by atoms with Crippen molar-refractivity contribution in [2.24, 2.45) is 17.8 Å². The quantitative estimate of drug-likeness (QED) is 0.642. The Bertz CT molecular complexity index is 768. The van der Waals surface area contributed by atoms with E-state index in [1.807, 2.05) is 24.3 Å². The van der Waals surface area contributed by atoms with Crippen molar-refractivity contribution in [3.05, 3.63) is 41.5 Å². The van der Waals surface area contributed by atoms with Crippen molar-refractivity contribution < 1.29 is 14.6 Å². The van der Waals surface area contributed by atoms with Crippen LogP contribution in [0.2, 0.25) is 0 Å². The number of rotatable bonds is 8. The number of hydrogen-bond donors (Lipinski definition) is 2. The standard InChI is InChI=1S/C25H36N2O3/c1-17(2)7-6-14-27-15-21-22(16-27)23(21)26-24(28)25(29,18-8-4-5-9-18)19-10-12-20(30-3)13-11-19/h7,10-13,18,21-23,29H,4-6,8-9,14-16H2,1-3H3,(H,26,28)/t21-,22?,23+,25?/m0/s1. The van der Waals surface area contributed by atoms with Crippen LogP contribution in [0, 0.1) is 17.8 Å². The molecule has 1 heterocycles. The number of methoxy groups -OCH3 is 1. The third-order valence-electron chi connectivity index (χ3n) is 7.39. The lowest BCUT2D eigenvalue weighted by atomic mass is 9.79. The second-order valence-electron chi connectivity index (χ2n) is 9.63. The van der Waals surface area contributed by atoms with E-state index in [2.05, 4.69) is 30.1 Å². The molecular formula is C25H36N2O3. The van der Waals surface area contributed by atoms with Gasteiger partial charge < -0.3 is 20.1 Å². The molecule has 1 aromatic rings. The Morgan fingerprint density at radius 3 is 2.40 bits per heavy atom. The Balaban J connectivity index is 1.40. The maximum Gasteiger partial charge on any atom is 0.257 e. The van der Waals surface area contributed by atoms with Crippen molar-refractivity contribution >= 4 is 5.91 Å². The number of carbonyl (C=O) groups excluding carboxylic acids is 1. The smallest absolute Gasteiger partial charge is 0.257 e. The van der Waals surface area contributed by atoms with E-state index in [0.29, 0.717) is 17.4 Å². The minimum Gasteiger partial charge on any atom is -0.497 e. The van der Waals surface area contributed by atoms with E-state index in [1.165, 1.54) is 5.57 Å². The first-order chi connectivity index (χ1) is 14.4. The average molecular weight is 413 g/mol. The molecule has 1 amide bonds. The summed E-state index contributed by atoms with van der Waals surface area (Å²) in [7, 11) is 1.62. The molecule has 2 N–H and O–H groups in total. The summed E-state index contributed by atoms with van der Waals surface area (Å²) in [5.41, 5.74) is 0.596. The van der Waals surface area contributed by atoms with Gasteiger partial charge in [-0.15, -0.1) is 0 Å². The van der Waals surface area contributed by atoms with Crippen molar-refractivity contribution in [2.45, 2.75) is 57.6 Å². The fraction of sp³-hybridized carbons (Fsp3) is 0.640. The molecule has 1 aliphatic heterocycles. The Morgan fingerprint density at radius 1 is 1.20 bits per heavy atom. The molecule has 0 radical (unpaired) electrons.